The van der Waals surface area contributed by atoms with E-state index in [0.29, 0.717) is 17.0 Å². The van der Waals surface area contributed by atoms with Crippen LogP contribution in [0.15, 0.2) is 78.9 Å². The van der Waals surface area contributed by atoms with Gasteiger partial charge in [-0.25, -0.2) is 0 Å². The number of anilines is 3. The third kappa shape index (κ3) is 5.34. The van der Waals surface area contributed by atoms with Gasteiger partial charge in [-0.15, -0.1) is 0 Å². The van der Waals surface area contributed by atoms with Crippen LogP contribution in [0.2, 0.25) is 0 Å². The van der Waals surface area contributed by atoms with Crippen molar-refractivity contribution in [3.8, 4) is 5.75 Å². The number of nitrogens with two attached hydrogens (primary N) is 1. The Morgan fingerprint density at radius 3 is 2.19 bits per heavy atom. The molecule has 0 aliphatic rings. The van der Waals surface area contributed by atoms with Crippen LogP contribution >= 0.6 is 0 Å². The van der Waals surface area contributed by atoms with Crippen LogP contribution in [0.4, 0.5) is 17.1 Å². The molecule has 0 aliphatic carbocycles. The van der Waals surface area contributed by atoms with Crippen LogP contribution < -0.4 is 21.1 Å². The van der Waals surface area contributed by atoms with Gasteiger partial charge < -0.3 is 21.1 Å². The fourth-order valence-corrected chi connectivity index (χ4v) is 2.41. The summed E-state index contributed by atoms with van der Waals surface area (Å²) in [5, 5.41) is 6.03. The van der Waals surface area contributed by atoms with E-state index in [9.17, 15) is 9.59 Å². The molecule has 0 spiro atoms. The van der Waals surface area contributed by atoms with Crippen LogP contribution in [0.25, 0.3) is 0 Å². The Labute approximate surface area is 157 Å². The predicted octanol–water partition coefficient (Wildman–Crippen LogP) is 3.55. The molecular weight excluding hydrogens is 342 g/mol. The van der Waals surface area contributed by atoms with Crippen molar-refractivity contribution in [3.05, 3.63) is 84.4 Å². The van der Waals surface area contributed by atoms with Gasteiger partial charge in [-0.1, -0.05) is 24.3 Å². The van der Waals surface area contributed by atoms with Gasteiger partial charge in [0.15, 0.2) is 6.61 Å². The zero-order valence-corrected chi connectivity index (χ0v) is 14.5. The molecule has 0 fully saturated rings. The minimum Gasteiger partial charge on any atom is -0.484 e. The molecule has 4 N–H and O–H groups in total. The molecule has 0 radical (unpaired) electrons. The summed E-state index contributed by atoms with van der Waals surface area (Å²) in [7, 11) is 0. The number of carbonyl (C=O) groups excluding carboxylic acids is 2. The summed E-state index contributed by atoms with van der Waals surface area (Å²) in [6, 6.07) is 23.5. The first kappa shape index (κ1) is 18.0. The molecule has 6 heteroatoms. The summed E-state index contributed by atoms with van der Waals surface area (Å²) in [6.07, 6.45) is 0. The van der Waals surface area contributed by atoms with E-state index >= 15 is 0 Å². The van der Waals surface area contributed by atoms with Gasteiger partial charge in [-0.05, 0) is 54.6 Å². The molecule has 2 amide bonds. The first-order valence-corrected chi connectivity index (χ1v) is 8.35. The SMILES string of the molecule is NC(=O)c1cccc(OCC(=O)Nc2ccc(Nc3ccccc3)cc2)c1. The van der Waals surface area contributed by atoms with Gasteiger partial charge >= 0.3 is 0 Å². The summed E-state index contributed by atoms with van der Waals surface area (Å²) >= 11 is 0. The maximum atomic E-state index is 12.0. The Bertz CT molecular complexity index is 925. The maximum absolute atomic E-state index is 12.0. The van der Waals surface area contributed by atoms with E-state index in [1.165, 1.54) is 6.07 Å². The van der Waals surface area contributed by atoms with Gasteiger partial charge in [-0.3, -0.25) is 9.59 Å². The Kier molecular flexibility index (Phi) is 5.69. The number of amides is 2. The average molecular weight is 361 g/mol. The predicted molar refractivity (Wildman–Crippen MR) is 105 cm³/mol. The number of primary amides is 1. The van der Waals surface area contributed by atoms with E-state index in [1.54, 1.807) is 30.3 Å². The molecule has 27 heavy (non-hydrogen) atoms. The van der Waals surface area contributed by atoms with Gasteiger partial charge in [0.25, 0.3) is 5.91 Å². The van der Waals surface area contributed by atoms with E-state index in [4.69, 9.17) is 10.5 Å². The molecular formula is C21H19N3O3. The van der Waals surface area contributed by atoms with Gasteiger partial charge in [0.05, 0.1) is 0 Å². The first-order valence-electron chi connectivity index (χ1n) is 8.35. The largest absolute Gasteiger partial charge is 0.484 e. The molecule has 3 aromatic rings. The topological polar surface area (TPSA) is 93.5 Å². The molecule has 0 aromatic heterocycles. The zero-order chi connectivity index (χ0) is 19.1. The number of rotatable bonds is 7. The van der Waals surface area contributed by atoms with E-state index < -0.39 is 5.91 Å². The highest BCUT2D eigenvalue weighted by molar-refractivity contribution is 5.93. The summed E-state index contributed by atoms with van der Waals surface area (Å²) in [5.74, 6) is -0.443. The smallest absolute Gasteiger partial charge is 0.262 e. The molecule has 6 nitrogen and oxygen atoms in total. The van der Waals surface area contributed by atoms with Crippen molar-refractivity contribution < 1.29 is 14.3 Å². The summed E-state index contributed by atoms with van der Waals surface area (Å²) in [5.41, 5.74) is 8.11. The van der Waals surface area contributed by atoms with Gasteiger partial charge in [0.2, 0.25) is 5.91 Å². The highest BCUT2D eigenvalue weighted by Crippen LogP contribution is 2.19. The van der Waals surface area contributed by atoms with E-state index in [-0.39, 0.29) is 12.5 Å². The summed E-state index contributed by atoms with van der Waals surface area (Å²) in [4.78, 5) is 23.2. The molecule has 0 unspecified atom stereocenters. The number of hydrogen-bond donors (Lipinski definition) is 3. The number of para-hydroxylation sites is 1. The highest BCUT2D eigenvalue weighted by atomic mass is 16.5. The van der Waals surface area contributed by atoms with Crippen molar-refractivity contribution in [2.75, 3.05) is 17.2 Å². The number of ether oxygens (including phenoxy) is 1. The zero-order valence-electron chi connectivity index (χ0n) is 14.5. The van der Waals surface area contributed by atoms with E-state index in [2.05, 4.69) is 10.6 Å². The molecule has 3 aromatic carbocycles. The van der Waals surface area contributed by atoms with Crippen molar-refractivity contribution in [2.45, 2.75) is 0 Å². The minimum absolute atomic E-state index is 0.174. The van der Waals surface area contributed by atoms with Crippen molar-refractivity contribution in [3.63, 3.8) is 0 Å². The lowest BCUT2D eigenvalue weighted by atomic mass is 10.2. The highest BCUT2D eigenvalue weighted by Gasteiger charge is 2.06. The minimum atomic E-state index is -0.547. The van der Waals surface area contributed by atoms with Crippen LogP contribution in [0.5, 0.6) is 5.75 Å². The van der Waals surface area contributed by atoms with Gasteiger partial charge in [0.1, 0.15) is 5.75 Å². The van der Waals surface area contributed by atoms with Crippen LogP contribution in [0, 0.1) is 0 Å². The number of carbonyl (C=O) groups is 2. The second kappa shape index (κ2) is 8.53. The van der Waals surface area contributed by atoms with Gasteiger partial charge in [0, 0.05) is 22.6 Å². The third-order valence-corrected chi connectivity index (χ3v) is 3.72. The van der Waals surface area contributed by atoms with Crippen LogP contribution in [-0.4, -0.2) is 18.4 Å². The maximum Gasteiger partial charge on any atom is 0.262 e. The number of benzene rings is 3. The summed E-state index contributed by atoms with van der Waals surface area (Å²) < 4.78 is 5.40. The molecule has 0 heterocycles. The van der Waals surface area contributed by atoms with Crippen LogP contribution in [0.3, 0.4) is 0 Å². The third-order valence-electron chi connectivity index (χ3n) is 3.72. The number of hydrogen-bond acceptors (Lipinski definition) is 4. The normalized spacial score (nSPS) is 10.1. The van der Waals surface area contributed by atoms with Crippen molar-refractivity contribution >= 4 is 28.9 Å². The standard InChI is InChI=1S/C21H19N3O3/c22-21(26)15-5-4-8-19(13-15)27-14-20(25)24-18-11-9-17(10-12-18)23-16-6-2-1-3-7-16/h1-13,23H,14H2,(H2,22,26)(H,24,25). The fourth-order valence-electron chi connectivity index (χ4n) is 2.41. The Morgan fingerprint density at radius 1 is 0.815 bits per heavy atom. The molecule has 3 rings (SSSR count). The quantitative estimate of drug-likeness (QED) is 0.600. The Hall–Kier alpha value is -3.80. The van der Waals surface area contributed by atoms with Crippen LogP contribution in [-0.2, 0) is 4.79 Å². The van der Waals surface area contributed by atoms with Gasteiger partial charge in [-0.2, -0.15) is 0 Å². The fraction of sp³-hybridized carbons (Fsp3) is 0.0476. The van der Waals surface area contributed by atoms with Crippen molar-refractivity contribution in [1.29, 1.82) is 0 Å². The first-order chi connectivity index (χ1) is 13.1. The molecule has 0 saturated carbocycles. The molecule has 0 atom stereocenters. The molecule has 0 saturated heterocycles. The van der Waals surface area contributed by atoms with Crippen molar-refractivity contribution in [2.24, 2.45) is 5.73 Å². The second-order valence-electron chi connectivity index (χ2n) is 5.80. The molecule has 0 bridgehead atoms. The van der Waals surface area contributed by atoms with Crippen molar-refractivity contribution in [1.82, 2.24) is 0 Å². The molecule has 136 valence electrons. The Morgan fingerprint density at radius 2 is 1.48 bits per heavy atom. The summed E-state index contributed by atoms with van der Waals surface area (Å²) in [6.45, 7) is -0.174. The monoisotopic (exact) mass is 361 g/mol. The van der Waals surface area contributed by atoms with E-state index in [1.807, 2.05) is 42.5 Å². The number of nitrogens with one attached hydrogen (secondary N) is 2. The second-order valence-corrected chi connectivity index (χ2v) is 5.80. The Balaban J connectivity index is 1.52. The lowest BCUT2D eigenvalue weighted by Gasteiger charge is -2.10. The lowest BCUT2D eigenvalue weighted by Crippen LogP contribution is -2.20. The average Bonchev–Trinajstić information content (AvgIpc) is 2.69. The van der Waals surface area contributed by atoms with Crippen LogP contribution in [0.1, 0.15) is 10.4 Å². The molecule has 0 aliphatic heterocycles. The lowest BCUT2D eigenvalue weighted by molar-refractivity contribution is -0.118. The van der Waals surface area contributed by atoms with E-state index in [0.717, 1.165) is 11.4 Å².